The van der Waals surface area contributed by atoms with E-state index in [2.05, 4.69) is 27.7 Å². The summed E-state index contributed by atoms with van der Waals surface area (Å²) >= 11 is 1.84. The van der Waals surface area contributed by atoms with Gasteiger partial charge in [-0.25, -0.2) is 0 Å². The van der Waals surface area contributed by atoms with E-state index in [0.29, 0.717) is 0 Å². The van der Waals surface area contributed by atoms with Crippen LogP contribution in [-0.4, -0.2) is 29.4 Å². The second kappa shape index (κ2) is 5.02. The van der Waals surface area contributed by atoms with E-state index in [-0.39, 0.29) is 11.4 Å². The van der Waals surface area contributed by atoms with Crippen molar-refractivity contribution in [3.05, 3.63) is 22.4 Å². The zero-order valence-electron chi connectivity index (χ0n) is 10.7. The van der Waals surface area contributed by atoms with Gasteiger partial charge < -0.3 is 5.32 Å². The Bertz CT molecular complexity index is 417. The van der Waals surface area contributed by atoms with Crippen molar-refractivity contribution in [3.63, 3.8) is 0 Å². The maximum absolute atomic E-state index is 11.4. The number of likely N-dealkylation sites (tertiary alicyclic amines) is 1. The number of nitrogens with zero attached hydrogens (tertiary/aromatic N) is 1. The molecule has 2 saturated heterocycles. The number of nitrogens with one attached hydrogen (secondary N) is 1. The van der Waals surface area contributed by atoms with E-state index < -0.39 is 0 Å². The highest BCUT2D eigenvalue weighted by Crippen LogP contribution is 2.31. The number of rotatable bonds is 2. The van der Waals surface area contributed by atoms with Crippen LogP contribution in [0.2, 0.25) is 0 Å². The highest BCUT2D eigenvalue weighted by molar-refractivity contribution is 7.09. The summed E-state index contributed by atoms with van der Waals surface area (Å²) in [6, 6.07) is 4.33. The molecule has 0 radical (unpaired) electrons. The van der Waals surface area contributed by atoms with Crippen LogP contribution < -0.4 is 5.32 Å². The minimum atomic E-state index is 0.126. The molecule has 3 heterocycles. The van der Waals surface area contributed by atoms with Gasteiger partial charge in [0.2, 0.25) is 5.91 Å². The molecule has 3 nitrogen and oxygen atoms in total. The van der Waals surface area contributed by atoms with Gasteiger partial charge in [0, 0.05) is 29.9 Å². The first-order chi connectivity index (χ1) is 8.76. The van der Waals surface area contributed by atoms with E-state index in [1.165, 1.54) is 11.3 Å². The smallest absolute Gasteiger partial charge is 0.220 e. The number of hydrogen-bond acceptors (Lipinski definition) is 3. The molecule has 98 valence electrons. The van der Waals surface area contributed by atoms with E-state index in [9.17, 15) is 4.79 Å². The van der Waals surface area contributed by atoms with Crippen molar-refractivity contribution in [2.75, 3.05) is 13.1 Å². The van der Waals surface area contributed by atoms with Gasteiger partial charge in [-0.2, -0.15) is 0 Å². The summed E-state index contributed by atoms with van der Waals surface area (Å²) in [6.07, 6.45) is 5.24. The summed E-state index contributed by atoms with van der Waals surface area (Å²) in [5.74, 6) is 0.252. The number of carbonyl (C=O) groups is 1. The molecule has 1 aromatic rings. The van der Waals surface area contributed by atoms with Crippen LogP contribution >= 0.6 is 11.3 Å². The number of amides is 1. The average Bonchev–Trinajstić information content (AvgIpc) is 2.92. The standard InChI is InChI=1S/C14H20N2OS/c17-13-4-6-14(15-13)5-2-8-16(9-7-14)11-12-3-1-10-18-12/h1,3,10H,2,4-9,11H2,(H,15,17)/t14-/m0/s1. The summed E-state index contributed by atoms with van der Waals surface area (Å²) in [4.78, 5) is 15.4. The monoisotopic (exact) mass is 264 g/mol. The fourth-order valence-corrected chi connectivity index (χ4v) is 3.93. The van der Waals surface area contributed by atoms with E-state index in [1.807, 2.05) is 11.3 Å². The molecule has 3 rings (SSSR count). The second-order valence-corrected chi connectivity index (χ2v) is 6.57. The molecule has 4 heteroatoms. The van der Waals surface area contributed by atoms with Crippen molar-refractivity contribution in [2.24, 2.45) is 0 Å². The van der Waals surface area contributed by atoms with Gasteiger partial charge in [0.15, 0.2) is 0 Å². The van der Waals surface area contributed by atoms with Crippen molar-refractivity contribution in [1.29, 1.82) is 0 Å². The highest BCUT2D eigenvalue weighted by atomic mass is 32.1. The second-order valence-electron chi connectivity index (χ2n) is 5.54. The predicted octanol–water partition coefficient (Wildman–Crippen LogP) is 2.38. The van der Waals surface area contributed by atoms with Crippen LogP contribution in [-0.2, 0) is 11.3 Å². The molecule has 2 fully saturated rings. The molecule has 0 aromatic carbocycles. The van der Waals surface area contributed by atoms with Crippen LogP contribution in [0.5, 0.6) is 0 Å². The zero-order valence-corrected chi connectivity index (χ0v) is 11.5. The van der Waals surface area contributed by atoms with Gasteiger partial charge in [0.05, 0.1) is 0 Å². The lowest BCUT2D eigenvalue weighted by molar-refractivity contribution is -0.119. The fraction of sp³-hybridized carbons (Fsp3) is 0.643. The summed E-state index contributed by atoms with van der Waals surface area (Å²) in [6.45, 7) is 3.34. The quantitative estimate of drug-likeness (QED) is 0.889. The molecule has 18 heavy (non-hydrogen) atoms. The third-order valence-corrected chi connectivity index (χ3v) is 5.09. The van der Waals surface area contributed by atoms with Crippen molar-refractivity contribution in [1.82, 2.24) is 10.2 Å². The van der Waals surface area contributed by atoms with Gasteiger partial charge in [-0.15, -0.1) is 11.3 Å². The molecule has 1 N–H and O–H groups in total. The lowest BCUT2D eigenvalue weighted by Crippen LogP contribution is -2.42. The molecular weight excluding hydrogens is 244 g/mol. The first-order valence-electron chi connectivity index (χ1n) is 6.82. The van der Waals surface area contributed by atoms with Crippen LogP contribution in [0.4, 0.5) is 0 Å². The third kappa shape index (κ3) is 2.59. The Kier molecular flexibility index (Phi) is 3.39. The van der Waals surface area contributed by atoms with Gasteiger partial charge in [0.1, 0.15) is 0 Å². The number of carbonyl (C=O) groups excluding carboxylic acids is 1. The lowest BCUT2D eigenvalue weighted by Gasteiger charge is -2.27. The largest absolute Gasteiger partial charge is 0.351 e. The van der Waals surface area contributed by atoms with Gasteiger partial charge in [-0.1, -0.05) is 6.07 Å². The van der Waals surface area contributed by atoms with Crippen LogP contribution in [0.15, 0.2) is 17.5 Å². The van der Waals surface area contributed by atoms with E-state index in [1.54, 1.807) is 0 Å². The van der Waals surface area contributed by atoms with Crippen molar-refractivity contribution >= 4 is 17.2 Å². The first-order valence-corrected chi connectivity index (χ1v) is 7.70. The minimum Gasteiger partial charge on any atom is -0.351 e. The molecule has 0 bridgehead atoms. The molecular formula is C14H20N2OS. The summed E-state index contributed by atoms with van der Waals surface area (Å²) in [7, 11) is 0. The van der Waals surface area contributed by atoms with Gasteiger partial charge in [-0.05, 0) is 43.7 Å². The first kappa shape index (κ1) is 12.2. The summed E-state index contributed by atoms with van der Waals surface area (Å²) in [5, 5.41) is 5.37. The molecule has 1 aromatic heterocycles. The Hall–Kier alpha value is -0.870. The zero-order chi connectivity index (χ0) is 12.4. The predicted molar refractivity (Wildman–Crippen MR) is 73.6 cm³/mol. The number of hydrogen-bond donors (Lipinski definition) is 1. The maximum atomic E-state index is 11.4. The van der Waals surface area contributed by atoms with E-state index in [4.69, 9.17) is 0 Å². The fourth-order valence-electron chi connectivity index (χ4n) is 3.18. The summed E-state index contributed by atoms with van der Waals surface area (Å²) < 4.78 is 0. The van der Waals surface area contributed by atoms with Crippen molar-refractivity contribution in [3.8, 4) is 0 Å². The highest BCUT2D eigenvalue weighted by Gasteiger charge is 2.38. The average molecular weight is 264 g/mol. The van der Waals surface area contributed by atoms with Crippen LogP contribution in [0.3, 0.4) is 0 Å². The molecule has 1 spiro atoms. The SMILES string of the molecule is O=C1CC[C@]2(CCCN(Cc3cccs3)CC2)N1. The molecule has 0 unspecified atom stereocenters. The topological polar surface area (TPSA) is 32.3 Å². The van der Waals surface area contributed by atoms with E-state index in [0.717, 1.165) is 45.3 Å². The van der Waals surface area contributed by atoms with Crippen LogP contribution in [0.1, 0.15) is 37.0 Å². The van der Waals surface area contributed by atoms with Gasteiger partial charge in [-0.3, -0.25) is 9.69 Å². The molecule has 2 aliphatic rings. The van der Waals surface area contributed by atoms with Crippen molar-refractivity contribution in [2.45, 2.75) is 44.2 Å². The summed E-state index contributed by atoms with van der Waals surface area (Å²) in [5.41, 5.74) is 0.126. The Morgan fingerprint density at radius 2 is 2.28 bits per heavy atom. The molecule has 1 amide bonds. The Labute approximate surface area is 112 Å². The minimum absolute atomic E-state index is 0.126. The normalized spacial score (nSPS) is 29.4. The molecule has 1 atom stereocenters. The Morgan fingerprint density at radius 3 is 3.00 bits per heavy atom. The lowest BCUT2D eigenvalue weighted by atomic mass is 9.89. The molecule has 0 saturated carbocycles. The Morgan fingerprint density at radius 1 is 1.33 bits per heavy atom. The number of thiophene rings is 1. The van der Waals surface area contributed by atoms with Crippen LogP contribution in [0.25, 0.3) is 0 Å². The van der Waals surface area contributed by atoms with Crippen LogP contribution in [0, 0.1) is 0 Å². The van der Waals surface area contributed by atoms with Crippen molar-refractivity contribution < 1.29 is 4.79 Å². The third-order valence-electron chi connectivity index (χ3n) is 4.23. The maximum Gasteiger partial charge on any atom is 0.220 e. The molecule has 2 aliphatic heterocycles. The molecule has 0 aliphatic carbocycles. The Balaban J connectivity index is 1.60. The van der Waals surface area contributed by atoms with Gasteiger partial charge >= 0.3 is 0 Å². The van der Waals surface area contributed by atoms with E-state index >= 15 is 0 Å². The van der Waals surface area contributed by atoms with Gasteiger partial charge in [0.25, 0.3) is 0 Å².